The van der Waals surface area contributed by atoms with Crippen LogP contribution < -0.4 is 15.4 Å². The highest BCUT2D eigenvalue weighted by atomic mass is 19.1. The summed E-state index contributed by atoms with van der Waals surface area (Å²) < 4.78 is 31.0. The molecule has 3 aromatic carbocycles. The van der Waals surface area contributed by atoms with E-state index in [9.17, 15) is 18.8 Å². The molecule has 1 aliphatic carbocycles. The number of ether oxygens (including phenoxy) is 3. The summed E-state index contributed by atoms with van der Waals surface area (Å²) in [5, 5.41) is 5.36. The number of hydrogen-bond donors (Lipinski definition) is 2. The molecule has 2 unspecified atom stereocenters. The number of hydrogen-bond acceptors (Lipinski definition) is 6. The van der Waals surface area contributed by atoms with Gasteiger partial charge in [-0.2, -0.15) is 0 Å². The van der Waals surface area contributed by atoms with Crippen LogP contribution in [-0.2, 0) is 19.1 Å². The highest BCUT2D eigenvalue weighted by Crippen LogP contribution is 2.41. The van der Waals surface area contributed by atoms with Crippen molar-refractivity contribution in [3.05, 3.63) is 95.3 Å². The van der Waals surface area contributed by atoms with Gasteiger partial charge in [0, 0.05) is 13.0 Å². The van der Waals surface area contributed by atoms with E-state index in [1.807, 2.05) is 30.3 Å². The first kappa shape index (κ1) is 30.2. The van der Waals surface area contributed by atoms with Gasteiger partial charge in [0.1, 0.15) is 30.3 Å². The standard InChI is InChI=1S/C33H36FN3O6/c1-21(22-6-4-3-5-7-22)30(31(38)35-28-15-12-25(20-27(28)34)23-8-9-23)37-32(39)29(36-33(37)40)24-10-13-26(14-11-24)43-19-18-42-17-16-41-2/h3-7,10-15,20-21,23,29-30H,8-9,16-19H2,1-2H3,(H,35,38)(H,36,40)/t21?,29-,30?/m1/s1. The molecule has 9 nitrogen and oxygen atoms in total. The summed E-state index contributed by atoms with van der Waals surface area (Å²) in [5.74, 6) is -1.42. The van der Waals surface area contributed by atoms with Crippen molar-refractivity contribution in [1.82, 2.24) is 10.2 Å². The summed E-state index contributed by atoms with van der Waals surface area (Å²) in [4.78, 5) is 41.8. The van der Waals surface area contributed by atoms with Crippen molar-refractivity contribution in [3.63, 3.8) is 0 Å². The van der Waals surface area contributed by atoms with Gasteiger partial charge in [0.05, 0.1) is 25.5 Å². The van der Waals surface area contributed by atoms with E-state index >= 15 is 0 Å². The van der Waals surface area contributed by atoms with Gasteiger partial charge in [0.2, 0.25) is 5.91 Å². The van der Waals surface area contributed by atoms with E-state index in [1.165, 1.54) is 12.1 Å². The van der Waals surface area contributed by atoms with E-state index in [4.69, 9.17) is 14.2 Å². The Bertz CT molecular complexity index is 1430. The number of rotatable bonds is 14. The second kappa shape index (κ2) is 13.8. The number of urea groups is 1. The Morgan fingerprint density at radius 2 is 1.67 bits per heavy atom. The Balaban J connectivity index is 1.32. The zero-order valence-electron chi connectivity index (χ0n) is 24.3. The topological polar surface area (TPSA) is 106 Å². The third-order valence-electron chi connectivity index (χ3n) is 7.76. The van der Waals surface area contributed by atoms with Crippen LogP contribution in [0.3, 0.4) is 0 Å². The molecule has 2 aliphatic rings. The monoisotopic (exact) mass is 589 g/mol. The maximum atomic E-state index is 15.0. The first-order valence-corrected chi connectivity index (χ1v) is 14.5. The highest BCUT2D eigenvalue weighted by Gasteiger charge is 2.47. The van der Waals surface area contributed by atoms with Crippen molar-refractivity contribution in [2.75, 3.05) is 38.9 Å². The molecule has 0 radical (unpaired) electrons. The summed E-state index contributed by atoms with van der Waals surface area (Å²) in [5.41, 5.74) is 2.19. The fraction of sp³-hybridized carbons (Fsp3) is 0.364. The maximum Gasteiger partial charge on any atom is 0.325 e. The lowest BCUT2D eigenvalue weighted by Gasteiger charge is -2.30. The minimum absolute atomic E-state index is 0.00273. The van der Waals surface area contributed by atoms with Crippen LogP contribution in [0, 0.1) is 5.82 Å². The Labute approximate surface area is 250 Å². The molecule has 5 rings (SSSR count). The molecule has 0 bridgehead atoms. The predicted molar refractivity (Wildman–Crippen MR) is 158 cm³/mol. The average Bonchev–Trinajstić information content (AvgIpc) is 3.83. The van der Waals surface area contributed by atoms with Crippen molar-refractivity contribution in [2.45, 2.75) is 43.7 Å². The van der Waals surface area contributed by atoms with Crippen molar-refractivity contribution >= 4 is 23.5 Å². The second-order valence-corrected chi connectivity index (χ2v) is 10.8. The Morgan fingerprint density at radius 3 is 2.35 bits per heavy atom. The van der Waals surface area contributed by atoms with Gasteiger partial charge < -0.3 is 24.8 Å². The summed E-state index contributed by atoms with van der Waals surface area (Å²) >= 11 is 0. The number of imide groups is 1. The van der Waals surface area contributed by atoms with Gasteiger partial charge in [-0.15, -0.1) is 0 Å². The smallest absolute Gasteiger partial charge is 0.325 e. The Kier molecular flexibility index (Phi) is 9.68. The summed E-state index contributed by atoms with van der Waals surface area (Å²) in [6.45, 7) is 3.49. The molecular weight excluding hydrogens is 553 g/mol. The molecule has 0 aromatic heterocycles. The van der Waals surface area contributed by atoms with Gasteiger partial charge in [-0.25, -0.2) is 14.1 Å². The molecule has 1 saturated heterocycles. The van der Waals surface area contributed by atoms with Crippen LogP contribution in [0.25, 0.3) is 0 Å². The lowest BCUT2D eigenvalue weighted by atomic mass is 9.91. The van der Waals surface area contributed by atoms with Crippen LogP contribution in [0.15, 0.2) is 72.8 Å². The van der Waals surface area contributed by atoms with E-state index in [-0.39, 0.29) is 5.69 Å². The predicted octanol–water partition coefficient (Wildman–Crippen LogP) is 5.15. The zero-order chi connectivity index (χ0) is 30.3. The number of carbonyl (C=O) groups excluding carboxylic acids is 3. The number of nitrogens with one attached hydrogen (secondary N) is 2. The van der Waals surface area contributed by atoms with Crippen molar-refractivity contribution in [1.29, 1.82) is 0 Å². The van der Waals surface area contributed by atoms with Gasteiger partial charge in [0.25, 0.3) is 5.91 Å². The van der Waals surface area contributed by atoms with Crippen LogP contribution in [0.2, 0.25) is 0 Å². The number of anilines is 1. The highest BCUT2D eigenvalue weighted by molar-refractivity contribution is 6.10. The molecule has 3 atom stereocenters. The van der Waals surface area contributed by atoms with E-state index in [0.29, 0.717) is 43.7 Å². The summed E-state index contributed by atoms with van der Waals surface area (Å²) in [6, 6.07) is 17.8. The van der Waals surface area contributed by atoms with Crippen molar-refractivity contribution < 1.29 is 33.0 Å². The molecule has 226 valence electrons. The number of halogens is 1. The number of nitrogens with zero attached hydrogens (tertiary/aromatic N) is 1. The fourth-order valence-corrected chi connectivity index (χ4v) is 5.22. The minimum atomic E-state index is -1.23. The van der Waals surface area contributed by atoms with E-state index in [1.54, 1.807) is 44.4 Å². The van der Waals surface area contributed by atoms with Gasteiger partial charge in [-0.05, 0) is 59.7 Å². The van der Waals surface area contributed by atoms with Crippen LogP contribution in [-0.4, -0.2) is 62.3 Å². The van der Waals surface area contributed by atoms with Gasteiger partial charge in [-0.1, -0.05) is 55.5 Å². The molecule has 0 spiro atoms. The molecule has 1 saturated carbocycles. The maximum absolute atomic E-state index is 15.0. The molecule has 3 aromatic rings. The first-order chi connectivity index (χ1) is 20.9. The van der Waals surface area contributed by atoms with Gasteiger partial charge in [0.15, 0.2) is 0 Å². The average molecular weight is 590 g/mol. The molecule has 43 heavy (non-hydrogen) atoms. The number of benzene rings is 3. The molecule has 4 amide bonds. The zero-order valence-corrected chi connectivity index (χ0v) is 24.3. The van der Waals surface area contributed by atoms with E-state index in [2.05, 4.69) is 10.6 Å². The van der Waals surface area contributed by atoms with Crippen LogP contribution in [0.5, 0.6) is 5.75 Å². The molecular formula is C33H36FN3O6. The third-order valence-corrected chi connectivity index (χ3v) is 7.76. The molecule has 1 heterocycles. The normalized spacial score (nSPS) is 17.8. The fourth-order valence-electron chi connectivity index (χ4n) is 5.22. The summed E-state index contributed by atoms with van der Waals surface area (Å²) in [6.07, 6.45) is 2.05. The van der Waals surface area contributed by atoms with Crippen LogP contribution in [0.1, 0.15) is 54.3 Å². The van der Waals surface area contributed by atoms with E-state index in [0.717, 1.165) is 28.9 Å². The van der Waals surface area contributed by atoms with Gasteiger partial charge in [-0.3, -0.25) is 9.59 Å². The Hall–Kier alpha value is -4.28. The minimum Gasteiger partial charge on any atom is -0.491 e. The lowest BCUT2D eigenvalue weighted by Crippen LogP contribution is -2.50. The third kappa shape index (κ3) is 7.21. The van der Waals surface area contributed by atoms with Crippen molar-refractivity contribution in [3.8, 4) is 5.75 Å². The SMILES string of the molecule is COCCOCCOc1ccc([C@H]2NC(=O)N(C(C(=O)Nc3ccc(C4CC4)cc3F)C(C)c3ccccc3)C2=O)cc1. The molecule has 1 aliphatic heterocycles. The number of methoxy groups -OCH3 is 1. The number of carbonyl (C=O) groups is 3. The van der Waals surface area contributed by atoms with E-state index < -0.39 is 41.7 Å². The lowest BCUT2D eigenvalue weighted by molar-refractivity contribution is -0.134. The van der Waals surface area contributed by atoms with Gasteiger partial charge >= 0.3 is 6.03 Å². The first-order valence-electron chi connectivity index (χ1n) is 14.5. The quantitative estimate of drug-likeness (QED) is 0.199. The summed E-state index contributed by atoms with van der Waals surface area (Å²) in [7, 11) is 1.60. The Morgan fingerprint density at radius 1 is 0.977 bits per heavy atom. The number of amides is 4. The largest absolute Gasteiger partial charge is 0.491 e. The molecule has 10 heteroatoms. The van der Waals surface area contributed by atoms with Crippen LogP contribution >= 0.6 is 0 Å². The molecule has 2 fully saturated rings. The molecule has 2 N–H and O–H groups in total. The van der Waals surface area contributed by atoms with Crippen molar-refractivity contribution in [2.24, 2.45) is 0 Å². The second-order valence-electron chi connectivity index (χ2n) is 10.8. The van der Waals surface area contributed by atoms with Crippen LogP contribution in [0.4, 0.5) is 14.9 Å².